The molecule has 9 heteroatoms. The second-order valence-electron chi connectivity index (χ2n) is 9.93. The molecule has 5 rings (SSSR count). The average molecular weight is 535 g/mol. The van der Waals surface area contributed by atoms with Gasteiger partial charge in [0.15, 0.2) is 0 Å². The molecule has 202 valence electrons. The van der Waals surface area contributed by atoms with Crippen molar-refractivity contribution < 1.29 is 14.3 Å². The number of nitriles is 1. The van der Waals surface area contributed by atoms with Crippen LogP contribution in [0.3, 0.4) is 0 Å². The molecule has 2 aromatic carbocycles. The quantitative estimate of drug-likeness (QED) is 0.297. The Balaban J connectivity index is 1.69. The summed E-state index contributed by atoms with van der Waals surface area (Å²) in [5, 5.41) is 13.3. The van der Waals surface area contributed by atoms with Crippen LogP contribution < -0.4 is 20.7 Å². The molecule has 0 unspecified atom stereocenters. The van der Waals surface area contributed by atoms with Gasteiger partial charge in [-0.2, -0.15) is 5.26 Å². The monoisotopic (exact) mass is 534 g/mol. The van der Waals surface area contributed by atoms with Crippen LogP contribution in [-0.2, 0) is 16.6 Å². The van der Waals surface area contributed by atoms with Gasteiger partial charge >= 0.3 is 0 Å². The van der Waals surface area contributed by atoms with Gasteiger partial charge in [0.2, 0.25) is 11.8 Å². The fourth-order valence-corrected chi connectivity index (χ4v) is 5.06. The van der Waals surface area contributed by atoms with Crippen molar-refractivity contribution in [2.45, 2.75) is 19.3 Å². The first-order chi connectivity index (χ1) is 19.3. The number of anilines is 3. The minimum absolute atomic E-state index is 0.0511. The van der Waals surface area contributed by atoms with Crippen molar-refractivity contribution in [2.24, 2.45) is 13.0 Å². The molecule has 1 saturated carbocycles. The molecule has 0 spiro atoms. The number of nitrogen functional groups attached to an aromatic ring is 1. The van der Waals surface area contributed by atoms with Crippen LogP contribution in [0.5, 0.6) is 5.75 Å². The van der Waals surface area contributed by atoms with Crippen LogP contribution in [0.2, 0.25) is 0 Å². The second-order valence-corrected chi connectivity index (χ2v) is 9.93. The van der Waals surface area contributed by atoms with Crippen molar-refractivity contribution >= 4 is 39.9 Å². The van der Waals surface area contributed by atoms with Gasteiger partial charge in [0.1, 0.15) is 17.6 Å². The fraction of sp³-hybridized carbons (Fsp3) is 0.226. The number of aromatic nitrogens is 2. The predicted molar refractivity (Wildman–Crippen MR) is 157 cm³/mol. The summed E-state index contributed by atoms with van der Waals surface area (Å²) in [6.45, 7) is 3.49. The first-order valence-electron chi connectivity index (χ1n) is 12.9. The number of hydrogen-bond acceptors (Lipinski definition) is 6. The first kappa shape index (κ1) is 26.5. The molecule has 0 saturated heterocycles. The fourth-order valence-electron chi connectivity index (χ4n) is 5.06. The van der Waals surface area contributed by atoms with E-state index in [1.807, 2.05) is 41.9 Å². The molecule has 9 nitrogen and oxygen atoms in total. The van der Waals surface area contributed by atoms with E-state index in [9.17, 15) is 14.9 Å². The highest BCUT2D eigenvalue weighted by atomic mass is 16.5. The summed E-state index contributed by atoms with van der Waals surface area (Å²) in [6, 6.07) is 15.3. The summed E-state index contributed by atoms with van der Waals surface area (Å²) < 4.78 is 7.69. The van der Waals surface area contributed by atoms with Crippen molar-refractivity contribution in [3.05, 3.63) is 66.9 Å². The van der Waals surface area contributed by atoms with E-state index in [4.69, 9.17) is 10.5 Å². The lowest BCUT2D eigenvalue weighted by molar-refractivity contribution is -0.118. The van der Waals surface area contributed by atoms with E-state index in [0.717, 1.165) is 35.2 Å². The predicted octanol–water partition coefficient (Wildman–Crippen LogP) is 5.26. The summed E-state index contributed by atoms with van der Waals surface area (Å²) in [5.41, 5.74) is 12.0. The van der Waals surface area contributed by atoms with Crippen LogP contribution in [0.4, 0.5) is 17.2 Å². The van der Waals surface area contributed by atoms with Crippen LogP contribution in [0, 0.1) is 17.2 Å². The van der Waals surface area contributed by atoms with Crippen molar-refractivity contribution in [2.75, 3.05) is 30.1 Å². The molecule has 1 aliphatic rings. The minimum Gasteiger partial charge on any atom is -0.495 e. The van der Waals surface area contributed by atoms with E-state index >= 15 is 0 Å². The maximum Gasteiger partial charge on any atom is 0.247 e. The number of carbonyl (C=O) groups is 2. The van der Waals surface area contributed by atoms with Crippen molar-refractivity contribution in [1.82, 2.24) is 9.55 Å². The Morgan fingerprint density at radius 2 is 1.95 bits per heavy atom. The number of benzene rings is 2. The minimum atomic E-state index is -0.302. The lowest BCUT2D eigenvalue weighted by Gasteiger charge is -2.21. The van der Waals surface area contributed by atoms with Gasteiger partial charge in [-0.3, -0.25) is 9.59 Å². The topological polar surface area (TPSA) is 126 Å². The van der Waals surface area contributed by atoms with Crippen LogP contribution >= 0.6 is 0 Å². The maximum atomic E-state index is 12.8. The number of carbonyl (C=O) groups excluding carboxylic acids is 2. The van der Waals surface area contributed by atoms with Crippen molar-refractivity contribution in [3.8, 4) is 34.2 Å². The number of pyridine rings is 1. The van der Waals surface area contributed by atoms with E-state index in [1.54, 1.807) is 31.2 Å². The van der Waals surface area contributed by atoms with Crippen LogP contribution in [0.25, 0.3) is 33.3 Å². The van der Waals surface area contributed by atoms with E-state index in [1.165, 1.54) is 12.3 Å². The highest BCUT2D eigenvalue weighted by Gasteiger charge is 2.28. The van der Waals surface area contributed by atoms with E-state index in [-0.39, 0.29) is 11.8 Å². The Morgan fingerprint density at radius 1 is 1.25 bits per heavy atom. The zero-order chi connectivity index (χ0) is 28.6. The molecular formula is C31H30N6O3. The Bertz CT molecular complexity index is 1690. The molecule has 1 fully saturated rings. The Morgan fingerprint density at radius 3 is 2.58 bits per heavy atom. The lowest BCUT2D eigenvalue weighted by atomic mass is 9.97. The molecule has 0 radical (unpaired) electrons. The third kappa shape index (κ3) is 4.76. The third-order valence-corrected chi connectivity index (χ3v) is 7.33. The number of amides is 2. The number of rotatable bonds is 8. The summed E-state index contributed by atoms with van der Waals surface area (Å²) in [5.74, 6) is 1.05. The lowest BCUT2D eigenvalue weighted by Crippen LogP contribution is -2.26. The van der Waals surface area contributed by atoms with Crippen LogP contribution in [0.15, 0.2) is 61.3 Å². The molecule has 0 aliphatic heterocycles. The van der Waals surface area contributed by atoms with E-state index in [2.05, 4.69) is 22.9 Å². The van der Waals surface area contributed by atoms with Crippen molar-refractivity contribution in [1.29, 1.82) is 5.26 Å². The summed E-state index contributed by atoms with van der Waals surface area (Å²) in [6.07, 6.45) is 5.41. The number of aryl methyl sites for hydroxylation is 1. The number of nitrogens with one attached hydrogen (secondary N) is 1. The van der Waals surface area contributed by atoms with Crippen LogP contribution in [0.1, 0.15) is 24.8 Å². The van der Waals surface area contributed by atoms with Gasteiger partial charge in [-0.05, 0) is 60.2 Å². The number of methoxy groups -OCH3 is 1. The normalized spacial score (nSPS) is 12.6. The van der Waals surface area contributed by atoms with Gasteiger partial charge in [0.05, 0.1) is 35.0 Å². The smallest absolute Gasteiger partial charge is 0.247 e. The van der Waals surface area contributed by atoms with E-state index in [0.29, 0.717) is 51.7 Å². The van der Waals surface area contributed by atoms with Gasteiger partial charge in [0, 0.05) is 38.0 Å². The van der Waals surface area contributed by atoms with Crippen molar-refractivity contribution in [3.63, 3.8) is 0 Å². The number of ether oxygens (including phenoxy) is 1. The molecule has 4 aromatic rings. The molecule has 2 amide bonds. The zero-order valence-electron chi connectivity index (χ0n) is 22.7. The van der Waals surface area contributed by atoms with Gasteiger partial charge in [-0.25, -0.2) is 4.98 Å². The number of hydrogen-bond donors (Lipinski definition) is 2. The first-order valence-corrected chi connectivity index (χ1v) is 12.9. The largest absolute Gasteiger partial charge is 0.495 e. The molecule has 2 heterocycles. The number of fused-ring (bicyclic) bond motifs is 1. The molecule has 0 atom stereocenters. The van der Waals surface area contributed by atoms with Gasteiger partial charge < -0.3 is 25.3 Å². The van der Waals surface area contributed by atoms with E-state index < -0.39 is 0 Å². The average Bonchev–Trinajstić information content (AvgIpc) is 3.73. The standard InChI is InChI=1S/C31H30N6O3/c1-5-25(38)35-22-11-8-19(9-12-22)29-27(28-30(37(29)3)21(16-32)17-34-31(28)33)20-10-13-23(24(15-20)40-4)36(2)26(39)14-18-6-7-18/h5,8-13,15,17-18H,1,6-7,14H2,2-4H3,(H2,33,34)(H,35,38). The van der Waals surface area contributed by atoms with Gasteiger partial charge in [-0.15, -0.1) is 0 Å². The maximum absolute atomic E-state index is 12.8. The van der Waals surface area contributed by atoms with Gasteiger partial charge in [0.25, 0.3) is 0 Å². The molecule has 40 heavy (non-hydrogen) atoms. The van der Waals surface area contributed by atoms with Crippen LogP contribution in [-0.4, -0.2) is 35.5 Å². The molecule has 1 aliphatic carbocycles. The zero-order valence-corrected chi connectivity index (χ0v) is 22.7. The summed E-state index contributed by atoms with van der Waals surface area (Å²) in [4.78, 5) is 30.6. The molecule has 0 bridgehead atoms. The SMILES string of the molecule is C=CC(=O)Nc1ccc(-c2c(-c3ccc(N(C)C(=O)CC4CC4)c(OC)c3)c3c(N)ncc(C#N)c3n2C)cc1. The Labute approximate surface area is 232 Å². The summed E-state index contributed by atoms with van der Waals surface area (Å²) >= 11 is 0. The third-order valence-electron chi connectivity index (χ3n) is 7.33. The molecular weight excluding hydrogens is 504 g/mol. The number of nitrogens with two attached hydrogens (primary N) is 1. The van der Waals surface area contributed by atoms with Gasteiger partial charge in [-0.1, -0.05) is 24.8 Å². The number of nitrogens with zero attached hydrogens (tertiary/aromatic N) is 4. The summed E-state index contributed by atoms with van der Waals surface area (Å²) in [7, 11) is 5.22. The Kier molecular flexibility index (Phi) is 7.01. The molecule has 2 aromatic heterocycles. The second kappa shape index (κ2) is 10.6. The Hall–Kier alpha value is -5.10. The highest BCUT2D eigenvalue weighted by molar-refractivity contribution is 6.11. The highest BCUT2D eigenvalue weighted by Crippen LogP contribution is 2.45. The molecule has 3 N–H and O–H groups in total.